The molecule has 0 bridgehead atoms. The van der Waals surface area contributed by atoms with Crippen LogP contribution in [-0.2, 0) is 13.0 Å². The van der Waals surface area contributed by atoms with Crippen molar-refractivity contribution in [3.8, 4) is 0 Å². The molecule has 0 aliphatic heterocycles. The summed E-state index contributed by atoms with van der Waals surface area (Å²) in [5.41, 5.74) is 6.23. The first-order valence-electron chi connectivity index (χ1n) is 4.20. The molecule has 1 atom stereocenters. The molecular formula is C8H12F3N3. The van der Waals surface area contributed by atoms with Crippen LogP contribution in [0.2, 0.25) is 0 Å². The van der Waals surface area contributed by atoms with Crippen molar-refractivity contribution in [2.45, 2.75) is 32.1 Å². The van der Waals surface area contributed by atoms with E-state index in [1.165, 1.54) is 12.4 Å². The van der Waals surface area contributed by atoms with Crippen LogP contribution in [0, 0.1) is 0 Å². The van der Waals surface area contributed by atoms with Crippen molar-refractivity contribution in [3.05, 3.63) is 18.0 Å². The van der Waals surface area contributed by atoms with Gasteiger partial charge in [-0.25, -0.2) is 0 Å². The summed E-state index contributed by atoms with van der Waals surface area (Å²) >= 11 is 0. The Kier molecular flexibility index (Phi) is 3.15. The second-order valence-corrected chi connectivity index (χ2v) is 3.34. The van der Waals surface area contributed by atoms with Crippen LogP contribution in [0.4, 0.5) is 13.2 Å². The van der Waals surface area contributed by atoms with Crippen molar-refractivity contribution in [2.24, 2.45) is 5.73 Å². The maximum atomic E-state index is 11.9. The van der Waals surface area contributed by atoms with E-state index in [0.717, 1.165) is 10.2 Å². The number of hydrogen-bond acceptors (Lipinski definition) is 2. The van der Waals surface area contributed by atoms with E-state index in [1.807, 2.05) is 0 Å². The Morgan fingerprint density at radius 1 is 1.57 bits per heavy atom. The van der Waals surface area contributed by atoms with Gasteiger partial charge in [0.25, 0.3) is 0 Å². The molecule has 1 rings (SSSR count). The monoisotopic (exact) mass is 207 g/mol. The summed E-state index contributed by atoms with van der Waals surface area (Å²) in [5.74, 6) is 0. The Morgan fingerprint density at radius 3 is 2.71 bits per heavy atom. The van der Waals surface area contributed by atoms with Crippen molar-refractivity contribution in [1.29, 1.82) is 0 Å². The first-order chi connectivity index (χ1) is 6.37. The smallest absolute Gasteiger partial charge is 0.328 e. The fourth-order valence-electron chi connectivity index (χ4n) is 1.15. The highest BCUT2D eigenvalue weighted by molar-refractivity contribution is 5.05. The number of nitrogens with zero attached hydrogens (tertiary/aromatic N) is 2. The van der Waals surface area contributed by atoms with Crippen LogP contribution in [-0.4, -0.2) is 22.0 Å². The van der Waals surface area contributed by atoms with Gasteiger partial charge in [0.2, 0.25) is 0 Å². The van der Waals surface area contributed by atoms with E-state index in [4.69, 9.17) is 5.73 Å². The van der Waals surface area contributed by atoms with Crippen molar-refractivity contribution in [3.63, 3.8) is 0 Å². The van der Waals surface area contributed by atoms with Crippen molar-refractivity contribution >= 4 is 0 Å². The fourth-order valence-corrected chi connectivity index (χ4v) is 1.15. The predicted molar refractivity (Wildman–Crippen MR) is 45.6 cm³/mol. The molecule has 0 fully saturated rings. The van der Waals surface area contributed by atoms with Gasteiger partial charge in [0.15, 0.2) is 0 Å². The first kappa shape index (κ1) is 11.0. The highest BCUT2D eigenvalue weighted by Gasteiger charge is 2.28. The van der Waals surface area contributed by atoms with Crippen LogP contribution in [0.5, 0.6) is 0 Å². The molecular weight excluding hydrogens is 195 g/mol. The summed E-state index contributed by atoms with van der Waals surface area (Å²) in [5, 5.41) is 3.60. The number of halogens is 3. The molecule has 80 valence electrons. The van der Waals surface area contributed by atoms with Crippen LogP contribution in [0.1, 0.15) is 12.5 Å². The summed E-state index contributed by atoms with van der Waals surface area (Å²) in [4.78, 5) is 0. The minimum Gasteiger partial charge on any atom is -0.328 e. The van der Waals surface area contributed by atoms with Gasteiger partial charge in [-0.2, -0.15) is 18.3 Å². The van der Waals surface area contributed by atoms with Gasteiger partial charge in [0.1, 0.15) is 6.54 Å². The number of aromatic nitrogens is 2. The standard InChI is InChI=1S/C8H12F3N3/c1-6(12)2-7-3-13-14(4-7)5-8(9,10)11/h3-4,6H,2,5,12H2,1H3. The number of rotatable bonds is 3. The Morgan fingerprint density at radius 2 is 2.21 bits per heavy atom. The zero-order chi connectivity index (χ0) is 10.8. The van der Waals surface area contributed by atoms with E-state index >= 15 is 0 Å². The van der Waals surface area contributed by atoms with Gasteiger partial charge >= 0.3 is 6.18 Å². The number of nitrogens with two attached hydrogens (primary N) is 1. The van der Waals surface area contributed by atoms with E-state index in [-0.39, 0.29) is 6.04 Å². The number of hydrogen-bond donors (Lipinski definition) is 1. The Hall–Kier alpha value is -1.04. The van der Waals surface area contributed by atoms with Gasteiger partial charge in [-0.1, -0.05) is 0 Å². The summed E-state index contributed by atoms with van der Waals surface area (Å²) in [7, 11) is 0. The summed E-state index contributed by atoms with van der Waals surface area (Å²) in [6.45, 7) is 0.743. The quantitative estimate of drug-likeness (QED) is 0.812. The lowest BCUT2D eigenvalue weighted by molar-refractivity contribution is -0.142. The minimum atomic E-state index is -4.22. The average Bonchev–Trinajstić information content (AvgIpc) is 2.30. The van der Waals surface area contributed by atoms with Gasteiger partial charge in [-0.05, 0) is 18.9 Å². The van der Waals surface area contributed by atoms with Gasteiger partial charge in [0.05, 0.1) is 6.20 Å². The van der Waals surface area contributed by atoms with Gasteiger partial charge in [-0.15, -0.1) is 0 Å². The molecule has 0 aliphatic carbocycles. The highest BCUT2D eigenvalue weighted by atomic mass is 19.4. The summed E-state index contributed by atoms with van der Waals surface area (Å²) < 4.78 is 36.7. The molecule has 2 N–H and O–H groups in total. The largest absolute Gasteiger partial charge is 0.408 e. The van der Waals surface area contributed by atoms with E-state index in [0.29, 0.717) is 6.42 Å². The van der Waals surface area contributed by atoms with Crippen LogP contribution < -0.4 is 5.73 Å². The second kappa shape index (κ2) is 4.00. The van der Waals surface area contributed by atoms with E-state index in [9.17, 15) is 13.2 Å². The zero-order valence-corrected chi connectivity index (χ0v) is 7.75. The first-order valence-corrected chi connectivity index (χ1v) is 4.20. The predicted octanol–water partition coefficient (Wildman–Crippen LogP) is 1.34. The zero-order valence-electron chi connectivity index (χ0n) is 7.75. The van der Waals surface area contributed by atoms with E-state index in [2.05, 4.69) is 5.10 Å². The maximum absolute atomic E-state index is 11.9. The Balaban J connectivity index is 2.60. The minimum absolute atomic E-state index is 0.0708. The van der Waals surface area contributed by atoms with Gasteiger partial charge in [0, 0.05) is 12.2 Å². The van der Waals surface area contributed by atoms with Gasteiger partial charge < -0.3 is 5.73 Å². The molecule has 0 radical (unpaired) electrons. The SMILES string of the molecule is CC(N)Cc1cnn(CC(F)(F)F)c1. The molecule has 1 unspecified atom stereocenters. The number of alkyl halides is 3. The molecule has 0 aromatic carbocycles. The van der Waals surface area contributed by atoms with Crippen molar-refractivity contribution in [2.75, 3.05) is 0 Å². The molecule has 0 amide bonds. The van der Waals surface area contributed by atoms with Crippen molar-refractivity contribution < 1.29 is 13.2 Å². The summed E-state index contributed by atoms with van der Waals surface area (Å²) in [6.07, 6.45) is -0.901. The topological polar surface area (TPSA) is 43.8 Å². The molecule has 0 saturated carbocycles. The van der Waals surface area contributed by atoms with Crippen LogP contribution in [0.3, 0.4) is 0 Å². The fraction of sp³-hybridized carbons (Fsp3) is 0.625. The third-order valence-electron chi connectivity index (χ3n) is 1.59. The molecule has 14 heavy (non-hydrogen) atoms. The molecule has 1 heterocycles. The second-order valence-electron chi connectivity index (χ2n) is 3.34. The Bertz CT molecular complexity index is 290. The maximum Gasteiger partial charge on any atom is 0.408 e. The van der Waals surface area contributed by atoms with Gasteiger partial charge in [-0.3, -0.25) is 4.68 Å². The summed E-state index contributed by atoms with van der Waals surface area (Å²) in [6, 6.07) is -0.0708. The average molecular weight is 207 g/mol. The Labute approximate surface area is 79.7 Å². The lowest BCUT2D eigenvalue weighted by atomic mass is 10.1. The lowest BCUT2D eigenvalue weighted by Crippen LogP contribution is -2.18. The normalized spacial score (nSPS) is 14.4. The third kappa shape index (κ3) is 3.78. The molecule has 6 heteroatoms. The lowest BCUT2D eigenvalue weighted by Gasteiger charge is -2.05. The van der Waals surface area contributed by atoms with Crippen LogP contribution in [0.25, 0.3) is 0 Å². The van der Waals surface area contributed by atoms with Crippen LogP contribution in [0.15, 0.2) is 12.4 Å². The molecule has 0 saturated heterocycles. The van der Waals surface area contributed by atoms with Crippen LogP contribution >= 0.6 is 0 Å². The molecule has 0 aliphatic rings. The molecule has 1 aromatic heterocycles. The molecule has 3 nitrogen and oxygen atoms in total. The van der Waals surface area contributed by atoms with E-state index < -0.39 is 12.7 Å². The van der Waals surface area contributed by atoms with E-state index in [1.54, 1.807) is 6.92 Å². The molecule has 0 spiro atoms. The third-order valence-corrected chi connectivity index (χ3v) is 1.59. The molecule has 1 aromatic rings. The highest BCUT2D eigenvalue weighted by Crippen LogP contribution is 2.17. The van der Waals surface area contributed by atoms with Crippen molar-refractivity contribution in [1.82, 2.24) is 9.78 Å².